The summed E-state index contributed by atoms with van der Waals surface area (Å²) in [5.74, 6) is -0.916. The Morgan fingerprint density at radius 3 is 2.05 bits per heavy atom. The third kappa shape index (κ3) is 4.09. The van der Waals surface area contributed by atoms with Crippen LogP contribution in [0.4, 0.5) is 4.79 Å². The average Bonchev–Trinajstić information content (AvgIpc) is 2.39. The second-order valence-corrected chi connectivity index (χ2v) is 6.81. The lowest BCUT2D eigenvalue weighted by Gasteiger charge is -2.41. The number of carbonyl (C=O) groups excluding carboxylic acids is 1. The molecule has 0 spiro atoms. The van der Waals surface area contributed by atoms with Crippen LogP contribution in [0.2, 0.25) is 0 Å². The van der Waals surface area contributed by atoms with Gasteiger partial charge < -0.3 is 15.3 Å². The Bertz CT molecular complexity index is 386. The van der Waals surface area contributed by atoms with Gasteiger partial charge >= 0.3 is 12.0 Å². The molecule has 1 saturated heterocycles. The van der Waals surface area contributed by atoms with Crippen LogP contribution in [0.3, 0.4) is 0 Å². The fourth-order valence-electron chi connectivity index (χ4n) is 2.26. The lowest BCUT2D eigenvalue weighted by atomic mass is 9.74. The van der Waals surface area contributed by atoms with Gasteiger partial charge in [0.25, 0.3) is 0 Å². The van der Waals surface area contributed by atoms with Crippen LogP contribution < -0.4 is 5.32 Å². The first kappa shape index (κ1) is 17.8. The summed E-state index contributed by atoms with van der Waals surface area (Å²) in [5.41, 5.74) is -1.86. The molecule has 0 bridgehead atoms. The van der Waals surface area contributed by atoms with Crippen molar-refractivity contribution in [3.8, 4) is 0 Å². The zero-order chi connectivity index (χ0) is 16.3. The number of aliphatic carboxylic acids is 1. The van der Waals surface area contributed by atoms with Crippen molar-refractivity contribution in [2.24, 2.45) is 5.41 Å². The largest absolute Gasteiger partial charge is 0.481 e. The Labute approximate surface area is 127 Å². The van der Waals surface area contributed by atoms with E-state index in [1.165, 1.54) is 0 Å². The molecule has 1 rings (SSSR count). The second-order valence-electron chi connectivity index (χ2n) is 6.81. The molecule has 6 nitrogen and oxygen atoms in total. The van der Waals surface area contributed by atoms with Gasteiger partial charge in [-0.1, -0.05) is 6.92 Å². The summed E-state index contributed by atoms with van der Waals surface area (Å²) >= 11 is 0. The third-order valence-corrected chi connectivity index (χ3v) is 4.72. The van der Waals surface area contributed by atoms with Crippen LogP contribution in [0.15, 0.2) is 0 Å². The Morgan fingerprint density at radius 1 is 1.10 bits per heavy atom. The molecule has 0 aromatic carbocycles. The molecule has 2 N–H and O–H groups in total. The molecule has 0 atom stereocenters. The molecule has 0 aromatic rings. The monoisotopic (exact) mass is 299 g/mol. The van der Waals surface area contributed by atoms with Gasteiger partial charge in [0.2, 0.25) is 0 Å². The van der Waals surface area contributed by atoms with Crippen molar-refractivity contribution in [3.63, 3.8) is 0 Å². The van der Waals surface area contributed by atoms with Gasteiger partial charge in [-0.05, 0) is 40.7 Å². The zero-order valence-electron chi connectivity index (χ0n) is 13.9. The Kier molecular flexibility index (Phi) is 5.61. The Balaban J connectivity index is 2.60. The molecule has 2 amide bonds. The van der Waals surface area contributed by atoms with Crippen molar-refractivity contribution in [2.45, 2.75) is 46.6 Å². The minimum absolute atomic E-state index is 0.175. The van der Waals surface area contributed by atoms with Gasteiger partial charge in [-0.15, -0.1) is 0 Å². The van der Waals surface area contributed by atoms with Crippen LogP contribution in [0.1, 0.15) is 41.0 Å². The summed E-state index contributed by atoms with van der Waals surface area (Å²) in [5, 5.41) is 12.2. The van der Waals surface area contributed by atoms with Gasteiger partial charge in [0.1, 0.15) is 0 Å². The first-order valence-corrected chi connectivity index (χ1v) is 7.64. The van der Waals surface area contributed by atoms with E-state index in [0.717, 1.165) is 26.1 Å². The van der Waals surface area contributed by atoms with Crippen molar-refractivity contribution in [1.82, 2.24) is 15.1 Å². The molecule has 0 aliphatic carbocycles. The molecular weight excluding hydrogens is 270 g/mol. The van der Waals surface area contributed by atoms with Crippen molar-refractivity contribution >= 4 is 12.0 Å². The summed E-state index contributed by atoms with van der Waals surface area (Å²) in [6.45, 7) is 13.1. The molecule has 21 heavy (non-hydrogen) atoms. The first-order chi connectivity index (χ1) is 9.61. The van der Waals surface area contributed by atoms with E-state index in [0.29, 0.717) is 13.1 Å². The van der Waals surface area contributed by atoms with Crippen molar-refractivity contribution < 1.29 is 14.7 Å². The van der Waals surface area contributed by atoms with Gasteiger partial charge in [0, 0.05) is 26.2 Å². The maximum Gasteiger partial charge on any atom is 0.317 e. The molecule has 0 unspecified atom stereocenters. The quantitative estimate of drug-likeness (QED) is 0.809. The fraction of sp³-hybridized carbons (Fsp3) is 0.867. The van der Waals surface area contributed by atoms with E-state index in [1.54, 1.807) is 32.6 Å². The van der Waals surface area contributed by atoms with Crippen LogP contribution in [0.5, 0.6) is 0 Å². The molecule has 0 radical (unpaired) electrons. The molecular formula is C15H29N3O3. The molecule has 6 heteroatoms. The SMILES string of the molecule is CCCN1CCN(C(=O)NC(C)(C)C(C)(C)C(=O)O)CC1. The van der Waals surface area contributed by atoms with Gasteiger partial charge in [0.05, 0.1) is 11.0 Å². The normalized spacial score (nSPS) is 17.7. The minimum atomic E-state index is -1.04. The van der Waals surface area contributed by atoms with Crippen molar-refractivity contribution in [3.05, 3.63) is 0 Å². The number of carboxylic acid groups (broad SMARTS) is 1. The number of piperazine rings is 1. The smallest absolute Gasteiger partial charge is 0.317 e. The van der Waals surface area contributed by atoms with Crippen LogP contribution in [0.25, 0.3) is 0 Å². The molecule has 0 aromatic heterocycles. The summed E-state index contributed by atoms with van der Waals surface area (Å²) < 4.78 is 0. The van der Waals surface area contributed by atoms with Crippen LogP contribution in [-0.4, -0.2) is 65.2 Å². The minimum Gasteiger partial charge on any atom is -0.481 e. The molecule has 0 saturated carbocycles. The highest BCUT2D eigenvalue weighted by atomic mass is 16.4. The van der Waals surface area contributed by atoms with E-state index in [9.17, 15) is 14.7 Å². The maximum absolute atomic E-state index is 12.4. The number of amides is 2. The fourth-order valence-corrected chi connectivity index (χ4v) is 2.26. The molecule has 1 aliphatic rings. The summed E-state index contributed by atoms with van der Waals surface area (Å²) in [7, 11) is 0. The van der Waals surface area contributed by atoms with Gasteiger partial charge in [0.15, 0.2) is 0 Å². The molecule has 122 valence electrons. The predicted molar refractivity (Wildman–Crippen MR) is 82.3 cm³/mol. The second kappa shape index (κ2) is 6.64. The molecule has 1 aliphatic heterocycles. The van der Waals surface area contributed by atoms with E-state index in [-0.39, 0.29) is 6.03 Å². The number of rotatable bonds is 5. The summed E-state index contributed by atoms with van der Waals surface area (Å²) in [6, 6.07) is -0.175. The van der Waals surface area contributed by atoms with Crippen LogP contribution >= 0.6 is 0 Å². The maximum atomic E-state index is 12.4. The van der Waals surface area contributed by atoms with E-state index < -0.39 is 16.9 Å². The first-order valence-electron chi connectivity index (χ1n) is 7.64. The number of urea groups is 1. The van der Waals surface area contributed by atoms with E-state index in [1.807, 2.05) is 0 Å². The number of nitrogens with zero attached hydrogens (tertiary/aromatic N) is 2. The lowest BCUT2D eigenvalue weighted by molar-refractivity contribution is -0.150. The molecule has 1 heterocycles. The molecule has 1 fully saturated rings. The number of hydrogen-bond acceptors (Lipinski definition) is 3. The van der Waals surface area contributed by atoms with E-state index in [2.05, 4.69) is 17.1 Å². The van der Waals surface area contributed by atoms with Crippen LogP contribution in [-0.2, 0) is 4.79 Å². The highest BCUT2D eigenvalue weighted by Crippen LogP contribution is 2.30. The van der Waals surface area contributed by atoms with Crippen molar-refractivity contribution in [2.75, 3.05) is 32.7 Å². The van der Waals surface area contributed by atoms with E-state index >= 15 is 0 Å². The van der Waals surface area contributed by atoms with Gasteiger partial charge in [-0.25, -0.2) is 4.79 Å². The average molecular weight is 299 g/mol. The number of carboxylic acids is 1. The van der Waals surface area contributed by atoms with Crippen molar-refractivity contribution in [1.29, 1.82) is 0 Å². The zero-order valence-corrected chi connectivity index (χ0v) is 13.9. The van der Waals surface area contributed by atoms with Gasteiger partial charge in [-0.3, -0.25) is 9.69 Å². The number of nitrogens with one attached hydrogen (secondary N) is 1. The highest BCUT2D eigenvalue weighted by Gasteiger charge is 2.45. The number of hydrogen-bond donors (Lipinski definition) is 2. The Morgan fingerprint density at radius 2 is 1.62 bits per heavy atom. The van der Waals surface area contributed by atoms with Crippen LogP contribution in [0, 0.1) is 5.41 Å². The third-order valence-electron chi connectivity index (χ3n) is 4.72. The number of carbonyl (C=O) groups is 2. The lowest BCUT2D eigenvalue weighted by Crippen LogP contribution is -2.61. The standard InChI is InChI=1S/C15H29N3O3/c1-6-7-17-8-10-18(11-9-17)13(21)16-15(4,5)14(2,3)12(19)20/h6-11H2,1-5H3,(H,16,21)(H,19,20). The summed E-state index contributed by atoms with van der Waals surface area (Å²) in [4.78, 5) is 27.8. The van der Waals surface area contributed by atoms with E-state index in [4.69, 9.17) is 0 Å². The topological polar surface area (TPSA) is 72.9 Å². The predicted octanol–water partition coefficient (Wildman–Crippen LogP) is 1.61. The summed E-state index contributed by atoms with van der Waals surface area (Å²) in [6.07, 6.45) is 1.12. The van der Waals surface area contributed by atoms with Gasteiger partial charge in [-0.2, -0.15) is 0 Å². The highest BCUT2D eigenvalue weighted by molar-refractivity contribution is 5.79. The Hall–Kier alpha value is -1.30.